The van der Waals surface area contributed by atoms with Gasteiger partial charge in [-0.2, -0.15) is 0 Å². The normalized spacial score (nSPS) is 11.6. The van der Waals surface area contributed by atoms with Gasteiger partial charge in [0.2, 0.25) is 0 Å². The lowest BCUT2D eigenvalue weighted by Crippen LogP contribution is -2.00. The molecule has 0 spiro atoms. The molecule has 1 rings (SSSR count). The van der Waals surface area contributed by atoms with Gasteiger partial charge >= 0.3 is 0 Å². The van der Waals surface area contributed by atoms with Crippen molar-refractivity contribution >= 4 is 11.5 Å². The number of hydrogen-bond acceptors (Lipinski definition) is 3. The van der Waals surface area contributed by atoms with E-state index in [1.54, 1.807) is 0 Å². The van der Waals surface area contributed by atoms with Gasteiger partial charge in [0.05, 0.1) is 4.92 Å². The SMILES string of the molecule is C=C(/C=C\C(F)=C/C)C(=O)c1ccc([N+](=O)[O-])cc1. The molecule has 98 valence electrons. The summed E-state index contributed by atoms with van der Waals surface area (Å²) < 4.78 is 12.8. The molecule has 0 bridgehead atoms. The summed E-state index contributed by atoms with van der Waals surface area (Å²) in [6, 6.07) is 5.14. The van der Waals surface area contributed by atoms with Crippen LogP contribution in [0.25, 0.3) is 0 Å². The van der Waals surface area contributed by atoms with E-state index in [-0.39, 0.29) is 16.8 Å². The summed E-state index contributed by atoms with van der Waals surface area (Å²) in [5.41, 5.74) is 0.268. The third kappa shape index (κ3) is 3.99. The van der Waals surface area contributed by atoms with Crippen LogP contribution >= 0.6 is 0 Å². The Balaban J connectivity index is 2.86. The van der Waals surface area contributed by atoms with Crippen LogP contribution in [-0.2, 0) is 0 Å². The van der Waals surface area contributed by atoms with Gasteiger partial charge in [0, 0.05) is 23.3 Å². The average Bonchev–Trinajstić information content (AvgIpc) is 2.43. The molecule has 0 aliphatic heterocycles. The smallest absolute Gasteiger partial charge is 0.269 e. The van der Waals surface area contributed by atoms with Crippen LogP contribution in [0.1, 0.15) is 17.3 Å². The summed E-state index contributed by atoms with van der Waals surface area (Å²) in [5.74, 6) is -0.882. The summed E-state index contributed by atoms with van der Waals surface area (Å²) in [6.45, 7) is 5.06. The number of halogens is 1. The van der Waals surface area contributed by atoms with Crippen LogP contribution < -0.4 is 0 Å². The van der Waals surface area contributed by atoms with Gasteiger partial charge in [-0.05, 0) is 31.2 Å². The maximum atomic E-state index is 12.8. The topological polar surface area (TPSA) is 60.2 Å². The Labute approximate surface area is 109 Å². The fraction of sp³-hybridized carbons (Fsp3) is 0.0714. The lowest BCUT2D eigenvalue weighted by molar-refractivity contribution is -0.384. The highest BCUT2D eigenvalue weighted by Crippen LogP contribution is 2.15. The first kappa shape index (κ1) is 14.5. The van der Waals surface area contributed by atoms with Crippen molar-refractivity contribution in [3.05, 3.63) is 76.2 Å². The van der Waals surface area contributed by atoms with Crippen LogP contribution in [0.15, 0.2) is 60.5 Å². The molecule has 0 heterocycles. The molecule has 0 aromatic heterocycles. The molecule has 0 unspecified atom stereocenters. The largest absolute Gasteiger partial charge is 0.289 e. The van der Waals surface area contributed by atoms with Crippen molar-refractivity contribution in [1.29, 1.82) is 0 Å². The molecule has 0 saturated heterocycles. The first-order valence-corrected chi connectivity index (χ1v) is 5.43. The van der Waals surface area contributed by atoms with Gasteiger partial charge < -0.3 is 0 Å². The molecule has 1 aromatic rings. The number of allylic oxidation sites excluding steroid dienone is 5. The first-order chi connectivity index (χ1) is 8.95. The van der Waals surface area contributed by atoms with Crippen LogP contribution in [-0.4, -0.2) is 10.7 Å². The number of nitro groups is 1. The molecule has 0 N–H and O–H groups in total. The van der Waals surface area contributed by atoms with E-state index in [0.717, 1.165) is 6.08 Å². The monoisotopic (exact) mass is 261 g/mol. The van der Waals surface area contributed by atoms with Crippen molar-refractivity contribution in [2.45, 2.75) is 6.92 Å². The summed E-state index contributed by atoms with van der Waals surface area (Å²) in [6.07, 6.45) is 3.64. The molecule has 0 radical (unpaired) electrons. The van der Waals surface area contributed by atoms with E-state index in [0.29, 0.717) is 0 Å². The molecule has 1 aromatic carbocycles. The second-order valence-corrected chi connectivity index (χ2v) is 3.67. The number of carbonyl (C=O) groups is 1. The number of ketones is 1. The van der Waals surface area contributed by atoms with E-state index >= 15 is 0 Å². The second-order valence-electron chi connectivity index (χ2n) is 3.67. The Bertz CT molecular complexity index is 571. The van der Waals surface area contributed by atoms with Gasteiger partial charge in [0.1, 0.15) is 5.83 Å². The highest BCUT2D eigenvalue weighted by Gasteiger charge is 2.10. The predicted octanol–water partition coefficient (Wildman–Crippen LogP) is 3.76. The summed E-state index contributed by atoms with van der Waals surface area (Å²) in [7, 11) is 0. The second kappa shape index (κ2) is 6.39. The number of hydrogen-bond donors (Lipinski definition) is 0. The van der Waals surface area contributed by atoms with Gasteiger partial charge in [-0.1, -0.05) is 12.7 Å². The van der Waals surface area contributed by atoms with Gasteiger partial charge in [-0.15, -0.1) is 0 Å². The van der Waals surface area contributed by atoms with E-state index in [2.05, 4.69) is 6.58 Å². The molecular weight excluding hydrogens is 249 g/mol. The predicted molar refractivity (Wildman–Crippen MR) is 70.6 cm³/mol. The first-order valence-electron chi connectivity index (χ1n) is 5.43. The Morgan fingerprint density at radius 3 is 2.37 bits per heavy atom. The minimum atomic E-state index is -0.551. The lowest BCUT2D eigenvalue weighted by atomic mass is 10.0. The minimum absolute atomic E-state index is 0.0994. The Morgan fingerprint density at radius 2 is 1.89 bits per heavy atom. The van der Waals surface area contributed by atoms with Crippen LogP contribution in [0.3, 0.4) is 0 Å². The summed E-state index contributed by atoms with van der Waals surface area (Å²) in [5, 5.41) is 10.5. The highest BCUT2D eigenvalue weighted by atomic mass is 19.1. The molecule has 0 atom stereocenters. The molecule has 5 heteroatoms. The number of nitro benzene ring substituents is 1. The van der Waals surface area contributed by atoms with E-state index in [9.17, 15) is 19.3 Å². The van der Waals surface area contributed by atoms with E-state index in [1.807, 2.05) is 0 Å². The quantitative estimate of drug-likeness (QED) is 0.266. The van der Waals surface area contributed by atoms with Crippen molar-refractivity contribution in [3.8, 4) is 0 Å². The molecule has 0 aliphatic carbocycles. The lowest BCUT2D eigenvalue weighted by Gasteiger charge is -2.00. The zero-order chi connectivity index (χ0) is 14.4. The van der Waals surface area contributed by atoms with Crippen LogP contribution in [0.4, 0.5) is 10.1 Å². The summed E-state index contributed by atoms with van der Waals surface area (Å²) in [4.78, 5) is 21.8. The number of carbonyl (C=O) groups excluding carboxylic acids is 1. The number of Topliss-reactive ketones (excluding diaryl/α,β-unsaturated/α-hetero) is 1. The number of rotatable bonds is 5. The highest BCUT2D eigenvalue weighted by molar-refractivity contribution is 6.10. The molecule has 19 heavy (non-hydrogen) atoms. The van der Waals surface area contributed by atoms with Crippen molar-refractivity contribution < 1.29 is 14.1 Å². The molecule has 0 saturated carbocycles. The van der Waals surface area contributed by atoms with E-state index in [4.69, 9.17) is 0 Å². The molecule has 4 nitrogen and oxygen atoms in total. The van der Waals surface area contributed by atoms with Gasteiger partial charge in [0.15, 0.2) is 5.78 Å². The zero-order valence-corrected chi connectivity index (χ0v) is 10.3. The zero-order valence-electron chi connectivity index (χ0n) is 10.3. The van der Waals surface area contributed by atoms with Crippen LogP contribution in [0.2, 0.25) is 0 Å². The number of nitrogens with zero attached hydrogens (tertiary/aromatic N) is 1. The maximum Gasteiger partial charge on any atom is 0.269 e. The Morgan fingerprint density at radius 1 is 1.32 bits per heavy atom. The maximum absolute atomic E-state index is 12.8. The van der Waals surface area contributed by atoms with Crippen molar-refractivity contribution in [2.24, 2.45) is 0 Å². The van der Waals surface area contributed by atoms with E-state index in [1.165, 1.54) is 43.3 Å². The minimum Gasteiger partial charge on any atom is -0.289 e. The number of non-ortho nitro benzene ring substituents is 1. The third-order valence-corrected chi connectivity index (χ3v) is 2.35. The standard InChI is InChI=1S/C14H12FNO3/c1-3-12(15)7-4-10(2)14(17)11-5-8-13(9-6-11)16(18)19/h3-9H,2H2,1H3/b7-4-,12-3+. The van der Waals surface area contributed by atoms with Crippen molar-refractivity contribution in [1.82, 2.24) is 0 Å². The molecule has 0 amide bonds. The van der Waals surface area contributed by atoms with Crippen LogP contribution in [0.5, 0.6) is 0 Å². The average molecular weight is 261 g/mol. The van der Waals surface area contributed by atoms with Crippen molar-refractivity contribution in [3.63, 3.8) is 0 Å². The van der Waals surface area contributed by atoms with Crippen LogP contribution in [0, 0.1) is 10.1 Å². The molecular formula is C14H12FNO3. The van der Waals surface area contributed by atoms with Crippen molar-refractivity contribution in [2.75, 3.05) is 0 Å². The fourth-order valence-corrected chi connectivity index (χ4v) is 1.27. The number of benzene rings is 1. The fourth-order valence-electron chi connectivity index (χ4n) is 1.27. The van der Waals surface area contributed by atoms with Gasteiger partial charge in [-0.3, -0.25) is 14.9 Å². The van der Waals surface area contributed by atoms with Gasteiger partial charge in [-0.25, -0.2) is 4.39 Å². The Kier molecular flexibility index (Phi) is 4.88. The Hall–Kier alpha value is -2.56. The molecule has 0 aliphatic rings. The van der Waals surface area contributed by atoms with E-state index < -0.39 is 16.5 Å². The summed E-state index contributed by atoms with van der Waals surface area (Å²) >= 11 is 0. The van der Waals surface area contributed by atoms with Gasteiger partial charge in [0.25, 0.3) is 5.69 Å². The molecule has 0 fully saturated rings. The third-order valence-electron chi connectivity index (χ3n) is 2.35.